The minimum Gasteiger partial charge on any atom is -0.496 e. The highest BCUT2D eigenvalue weighted by Gasteiger charge is 2.37. The molecule has 0 saturated heterocycles. The largest absolute Gasteiger partial charge is 0.496 e. The second-order valence-electron chi connectivity index (χ2n) is 8.17. The summed E-state index contributed by atoms with van der Waals surface area (Å²) in [6, 6.07) is 8.67. The summed E-state index contributed by atoms with van der Waals surface area (Å²) in [6.45, 7) is -1.34. The Bertz CT molecular complexity index is 1400. The van der Waals surface area contributed by atoms with Gasteiger partial charge in [-0.3, -0.25) is 9.48 Å². The van der Waals surface area contributed by atoms with Crippen LogP contribution in [0.1, 0.15) is 15.9 Å². The maximum Gasteiger partial charge on any atom is 0.406 e. The van der Waals surface area contributed by atoms with Gasteiger partial charge < -0.3 is 14.1 Å². The van der Waals surface area contributed by atoms with E-state index in [4.69, 9.17) is 9.15 Å². The van der Waals surface area contributed by atoms with Crippen LogP contribution in [0.4, 0.5) is 17.6 Å². The number of rotatable bonds is 4. The highest BCUT2D eigenvalue weighted by atomic mass is 19.4. The number of fused-ring (bicyclic) bond motifs is 2. The Morgan fingerprint density at radius 1 is 1.15 bits per heavy atom. The van der Waals surface area contributed by atoms with Crippen molar-refractivity contribution in [1.29, 1.82) is 0 Å². The zero-order valence-electron chi connectivity index (χ0n) is 18.2. The van der Waals surface area contributed by atoms with Crippen LogP contribution in [0, 0.1) is 5.95 Å². The number of furan rings is 1. The lowest BCUT2D eigenvalue weighted by atomic mass is 9.92. The molecule has 0 atom stereocenters. The van der Waals surface area contributed by atoms with Crippen molar-refractivity contribution in [3.8, 4) is 28.0 Å². The maximum absolute atomic E-state index is 14.1. The van der Waals surface area contributed by atoms with Crippen LogP contribution in [0.25, 0.3) is 33.2 Å². The molecule has 3 heterocycles. The molecule has 1 aliphatic heterocycles. The molecule has 1 aliphatic rings. The van der Waals surface area contributed by atoms with Gasteiger partial charge in [-0.1, -0.05) is 6.07 Å². The minimum atomic E-state index is -4.48. The molecule has 0 unspecified atom stereocenters. The van der Waals surface area contributed by atoms with Crippen LogP contribution in [-0.4, -0.2) is 47.0 Å². The highest BCUT2D eigenvalue weighted by Crippen LogP contribution is 2.39. The lowest BCUT2D eigenvalue weighted by Crippen LogP contribution is -2.43. The number of hydrogen-bond donors (Lipinski definition) is 0. The van der Waals surface area contributed by atoms with Crippen LogP contribution >= 0.6 is 0 Å². The third-order valence-corrected chi connectivity index (χ3v) is 5.91. The fourth-order valence-electron chi connectivity index (χ4n) is 4.39. The van der Waals surface area contributed by atoms with Gasteiger partial charge in [-0.25, -0.2) is 0 Å². The molecule has 10 heteroatoms. The molecule has 1 amide bonds. The normalized spacial score (nSPS) is 14.1. The van der Waals surface area contributed by atoms with E-state index in [1.54, 1.807) is 49.8 Å². The molecule has 2 aromatic carbocycles. The molecular weight excluding hydrogens is 454 g/mol. The highest BCUT2D eigenvalue weighted by molar-refractivity contribution is 6.02. The Kier molecular flexibility index (Phi) is 5.11. The van der Waals surface area contributed by atoms with E-state index >= 15 is 0 Å². The summed E-state index contributed by atoms with van der Waals surface area (Å²) in [5, 5.41) is 4.48. The summed E-state index contributed by atoms with van der Waals surface area (Å²) in [7, 11) is 3.00. The quantitative estimate of drug-likeness (QED) is 0.382. The molecule has 0 radical (unpaired) electrons. The number of halogens is 4. The fourth-order valence-corrected chi connectivity index (χ4v) is 4.39. The molecule has 176 valence electrons. The van der Waals surface area contributed by atoms with Crippen molar-refractivity contribution in [3.05, 3.63) is 59.9 Å². The van der Waals surface area contributed by atoms with E-state index in [0.717, 1.165) is 15.8 Å². The number of hydrogen-bond acceptors (Lipinski definition) is 4. The first-order valence-corrected chi connectivity index (χ1v) is 10.4. The number of nitrogens with zero attached hydrogens (tertiary/aromatic N) is 3. The number of methoxy groups -OCH3 is 1. The van der Waals surface area contributed by atoms with E-state index in [1.165, 1.54) is 11.8 Å². The van der Waals surface area contributed by atoms with Crippen molar-refractivity contribution in [1.82, 2.24) is 14.7 Å². The van der Waals surface area contributed by atoms with Gasteiger partial charge in [0.2, 0.25) is 5.95 Å². The molecule has 34 heavy (non-hydrogen) atoms. The molecule has 0 spiro atoms. The molecule has 0 saturated carbocycles. The first-order valence-electron chi connectivity index (χ1n) is 10.4. The monoisotopic (exact) mass is 473 g/mol. The predicted molar refractivity (Wildman–Crippen MR) is 116 cm³/mol. The van der Waals surface area contributed by atoms with Gasteiger partial charge in [-0.05, 0) is 47.4 Å². The second kappa shape index (κ2) is 7.89. The molecule has 4 aromatic rings. The van der Waals surface area contributed by atoms with Crippen molar-refractivity contribution in [2.75, 3.05) is 20.2 Å². The maximum atomic E-state index is 14.1. The number of amides is 1. The van der Waals surface area contributed by atoms with E-state index < -0.39 is 24.6 Å². The van der Waals surface area contributed by atoms with Gasteiger partial charge >= 0.3 is 6.18 Å². The second-order valence-corrected chi connectivity index (χ2v) is 8.17. The van der Waals surface area contributed by atoms with Gasteiger partial charge in [0.15, 0.2) is 0 Å². The van der Waals surface area contributed by atoms with Crippen LogP contribution < -0.4 is 4.74 Å². The average molecular weight is 473 g/mol. The Morgan fingerprint density at radius 2 is 1.94 bits per heavy atom. The van der Waals surface area contributed by atoms with Crippen LogP contribution in [0.15, 0.2) is 47.2 Å². The van der Waals surface area contributed by atoms with E-state index in [0.29, 0.717) is 27.8 Å². The van der Waals surface area contributed by atoms with Crippen molar-refractivity contribution in [2.24, 2.45) is 7.05 Å². The van der Waals surface area contributed by atoms with Gasteiger partial charge in [0.1, 0.15) is 17.9 Å². The molecule has 0 fully saturated rings. The van der Waals surface area contributed by atoms with Crippen LogP contribution in [0.3, 0.4) is 0 Å². The number of benzene rings is 2. The van der Waals surface area contributed by atoms with E-state index in [2.05, 4.69) is 5.10 Å². The van der Waals surface area contributed by atoms with Crippen molar-refractivity contribution in [3.63, 3.8) is 0 Å². The summed E-state index contributed by atoms with van der Waals surface area (Å²) in [4.78, 5) is 13.6. The first kappa shape index (κ1) is 22.0. The van der Waals surface area contributed by atoms with Crippen molar-refractivity contribution >= 4 is 16.9 Å². The van der Waals surface area contributed by atoms with Gasteiger partial charge in [-0.2, -0.15) is 17.6 Å². The predicted octanol–water partition coefficient (Wildman–Crippen LogP) is 5.21. The van der Waals surface area contributed by atoms with E-state index in [-0.39, 0.29) is 24.3 Å². The number of aryl methyl sites for hydroxylation is 1. The first-order chi connectivity index (χ1) is 16.1. The number of alkyl halides is 3. The number of carbonyl (C=O) groups is 1. The zero-order chi connectivity index (χ0) is 24.2. The van der Waals surface area contributed by atoms with E-state index in [1.807, 2.05) is 0 Å². The van der Waals surface area contributed by atoms with Gasteiger partial charge in [0, 0.05) is 30.7 Å². The van der Waals surface area contributed by atoms with E-state index in [9.17, 15) is 22.4 Å². The van der Waals surface area contributed by atoms with Crippen molar-refractivity contribution < 1.29 is 31.5 Å². The Labute approximate surface area is 191 Å². The van der Waals surface area contributed by atoms with Gasteiger partial charge in [-0.15, -0.1) is 5.10 Å². The smallest absolute Gasteiger partial charge is 0.406 e. The molecule has 2 aromatic heterocycles. The third-order valence-electron chi connectivity index (χ3n) is 5.91. The topological polar surface area (TPSA) is 60.5 Å². The molecule has 6 nitrogen and oxygen atoms in total. The molecule has 0 aliphatic carbocycles. The van der Waals surface area contributed by atoms with Crippen LogP contribution in [0.5, 0.6) is 5.75 Å². The van der Waals surface area contributed by atoms with Crippen LogP contribution in [0.2, 0.25) is 0 Å². The minimum absolute atomic E-state index is 0.0376. The van der Waals surface area contributed by atoms with Gasteiger partial charge in [0.05, 0.1) is 24.5 Å². The lowest BCUT2D eigenvalue weighted by Gasteiger charge is -2.30. The SMILES string of the molecule is COc1cc(-c2coc3cc(-c4cn(C)nc4F)ccc23)cc2c1C(=O)N(CC(F)(F)F)CC2. The molecule has 0 bridgehead atoms. The summed E-state index contributed by atoms with van der Waals surface area (Å²) in [5.41, 5.74) is 3.66. The zero-order valence-corrected chi connectivity index (χ0v) is 18.2. The Hall–Kier alpha value is -3.82. The summed E-state index contributed by atoms with van der Waals surface area (Å²) in [6.07, 6.45) is -1.08. The fraction of sp³-hybridized carbons (Fsp3) is 0.250. The summed E-state index contributed by atoms with van der Waals surface area (Å²) in [5.74, 6) is -1.09. The Balaban J connectivity index is 1.54. The third kappa shape index (κ3) is 3.78. The standard InChI is InChI=1S/C24H19F4N3O3/c1-30-10-17(22(25)29-30)13-3-4-16-18(11-34-19(16)8-13)15-7-14-5-6-31(12-24(26,27)28)23(32)21(14)20(9-15)33-2/h3-4,7-11H,5-6,12H2,1-2H3. The molecule has 5 rings (SSSR count). The van der Waals surface area contributed by atoms with Crippen LogP contribution in [-0.2, 0) is 13.5 Å². The summed E-state index contributed by atoms with van der Waals surface area (Å²) < 4.78 is 65.2. The Morgan fingerprint density at radius 3 is 2.62 bits per heavy atom. The lowest BCUT2D eigenvalue weighted by molar-refractivity contribution is -0.141. The molecular formula is C24H19F4N3O3. The molecule has 0 N–H and O–H groups in total. The number of carbonyl (C=O) groups excluding carboxylic acids is 1. The number of aromatic nitrogens is 2. The summed E-state index contributed by atoms with van der Waals surface area (Å²) >= 11 is 0. The van der Waals surface area contributed by atoms with Gasteiger partial charge in [0.25, 0.3) is 5.91 Å². The number of ether oxygens (including phenoxy) is 1. The average Bonchev–Trinajstić information content (AvgIpc) is 3.35. The van der Waals surface area contributed by atoms with Crippen molar-refractivity contribution in [2.45, 2.75) is 12.6 Å².